The molecule has 1 aromatic carbocycles. The van der Waals surface area contributed by atoms with E-state index in [-0.39, 0.29) is 17.9 Å². The molecule has 0 aliphatic heterocycles. The predicted molar refractivity (Wildman–Crippen MR) is 138 cm³/mol. The first kappa shape index (κ1) is 24.1. The molecule has 178 valence electrons. The summed E-state index contributed by atoms with van der Waals surface area (Å²) in [6.45, 7) is 6.26. The number of hydrogen-bond donors (Lipinski definition) is 0. The summed E-state index contributed by atoms with van der Waals surface area (Å²) < 4.78 is 5.10. The number of ether oxygens (including phenoxy) is 1. The van der Waals surface area contributed by atoms with Gasteiger partial charge in [-0.3, -0.25) is 9.78 Å². The third kappa shape index (κ3) is 5.07. The van der Waals surface area contributed by atoms with Crippen molar-refractivity contribution in [2.45, 2.75) is 52.5 Å². The number of benzene rings is 1. The molecule has 0 atom stereocenters. The maximum absolute atomic E-state index is 13.6. The summed E-state index contributed by atoms with van der Waals surface area (Å²) in [4.78, 5) is 33.8. The van der Waals surface area contributed by atoms with Crippen LogP contribution in [0, 0.1) is 11.8 Å². The molecule has 0 bridgehead atoms. The molecule has 0 N–H and O–H groups in total. The average Bonchev–Trinajstić information content (AvgIpc) is 3.29. The van der Waals surface area contributed by atoms with E-state index in [2.05, 4.69) is 24.0 Å². The normalized spacial score (nSPS) is 18.0. The molecular formula is C28H32N2O3S. The fourth-order valence-corrected chi connectivity index (χ4v) is 5.73. The van der Waals surface area contributed by atoms with Crippen LogP contribution < -0.4 is 4.90 Å². The van der Waals surface area contributed by atoms with Crippen molar-refractivity contribution in [1.29, 1.82) is 0 Å². The molecule has 1 fully saturated rings. The lowest BCUT2D eigenvalue weighted by Gasteiger charge is -2.33. The van der Waals surface area contributed by atoms with E-state index in [4.69, 9.17) is 4.74 Å². The highest BCUT2D eigenvalue weighted by molar-refractivity contribution is 7.18. The topological polar surface area (TPSA) is 59.5 Å². The van der Waals surface area contributed by atoms with Gasteiger partial charge in [0, 0.05) is 29.2 Å². The first-order chi connectivity index (χ1) is 16.4. The minimum absolute atomic E-state index is 0.00575. The number of rotatable bonds is 6. The first-order valence-electron chi connectivity index (χ1n) is 11.9. The molecule has 1 amide bonds. The minimum atomic E-state index is -0.408. The van der Waals surface area contributed by atoms with Crippen LogP contribution in [0.2, 0.25) is 0 Å². The van der Waals surface area contributed by atoms with Gasteiger partial charge in [-0.05, 0) is 74.3 Å². The minimum Gasteiger partial charge on any atom is -0.465 e. The summed E-state index contributed by atoms with van der Waals surface area (Å²) in [5, 5.41) is 0. The maximum atomic E-state index is 13.6. The summed E-state index contributed by atoms with van der Waals surface area (Å²) in [5.74, 6) is 0.382. The predicted octanol–water partition coefficient (Wildman–Crippen LogP) is 6.83. The Kier molecular flexibility index (Phi) is 7.47. The summed E-state index contributed by atoms with van der Waals surface area (Å²) in [7, 11) is 1.39. The molecule has 34 heavy (non-hydrogen) atoms. The summed E-state index contributed by atoms with van der Waals surface area (Å²) in [6.07, 6.45) is 7.56. The fourth-order valence-electron chi connectivity index (χ4n) is 4.66. The lowest BCUT2D eigenvalue weighted by atomic mass is 9.82. The second-order valence-electron chi connectivity index (χ2n) is 9.39. The number of aromatic nitrogens is 1. The largest absolute Gasteiger partial charge is 0.465 e. The van der Waals surface area contributed by atoms with Crippen molar-refractivity contribution in [1.82, 2.24) is 4.98 Å². The molecule has 0 spiro atoms. The van der Waals surface area contributed by atoms with Gasteiger partial charge in [0.1, 0.15) is 4.88 Å². The van der Waals surface area contributed by atoms with Crippen molar-refractivity contribution in [2.24, 2.45) is 11.8 Å². The van der Waals surface area contributed by atoms with Gasteiger partial charge in [-0.15, -0.1) is 11.3 Å². The van der Waals surface area contributed by atoms with Crippen LogP contribution in [-0.2, 0) is 9.53 Å². The number of pyridine rings is 1. The van der Waals surface area contributed by atoms with Crippen LogP contribution in [0.15, 0.2) is 54.9 Å². The van der Waals surface area contributed by atoms with Crippen LogP contribution in [0.5, 0.6) is 0 Å². The first-order valence-corrected chi connectivity index (χ1v) is 12.8. The van der Waals surface area contributed by atoms with Crippen LogP contribution in [-0.4, -0.2) is 30.0 Å². The zero-order valence-electron chi connectivity index (χ0n) is 20.3. The molecular weight excluding hydrogens is 444 g/mol. The Bertz CT molecular complexity index is 1130. The maximum Gasteiger partial charge on any atom is 0.350 e. The van der Waals surface area contributed by atoms with Crippen LogP contribution in [0.25, 0.3) is 21.6 Å². The SMILES string of the molecule is COC(=O)c1sc(-c2ccc(-c3cccnc3)cc2)cc1N(C(=O)[C@H]1CC[C@H](C)CC1)C(C)C. The molecule has 5 nitrogen and oxygen atoms in total. The number of methoxy groups -OCH3 is 1. The van der Waals surface area contributed by atoms with Crippen molar-refractivity contribution >= 4 is 28.9 Å². The van der Waals surface area contributed by atoms with Crippen LogP contribution in [0.3, 0.4) is 0 Å². The Labute approximate surface area is 205 Å². The molecule has 0 saturated heterocycles. The Balaban J connectivity index is 1.69. The standard InChI is InChI=1S/C28H32N2O3S/c1-18(2)30(27(31)22-9-7-19(3)8-10-22)24-16-25(34-26(24)28(32)33-4)21-13-11-20(12-14-21)23-6-5-15-29-17-23/h5-6,11-19,22H,7-10H2,1-4H3/t19-,22-. The molecule has 0 unspecified atom stereocenters. The number of anilines is 1. The number of hydrogen-bond acceptors (Lipinski definition) is 5. The number of esters is 1. The van der Waals surface area contributed by atoms with Crippen LogP contribution >= 0.6 is 11.3 Å². The van der Waals surface area contributed by atoms with E-state index >= 15 is 0 Å². The number of carbonyl (C=O) groups excluding carboxylic acids is 2. The highest BCUT2D eigenvalue weighted by Gasteiger charge is 2.33. The molecule has 2 heterocycles. The second-order valence-corrected chi connectivity index (χ2v) is 10.4. The van der Waals surface area contributed by atoms with Gasteiger partial charge in [-0.1, -0.05) is 37.3 Å². The van der Waals surface area contributed by atoms with E-state index in [1.165, 1.54) is 18.4 Å². The van der Waals surface area contributed by atoms with E-state index < -0.39 is 5.97 Å². The Morgan fingerprint density at radius 2 is 1.71 bits per heavy atom. The number of amides is 1. The molecule has 2 aromatic heterocycles. The molecule has 1 aliphatic rings. The fraction of sp³-hybridized carbons (Fsp3) is 0.393. The molecule has 1 aliphatic carbocycles. The highest BCUT2D eigenvalue weighted by atomic mass is 32.1. The molecule has 4 rings (SSSR count). The smallest absolute Gasteiger partial charge is 0.350 e. The van der Waals surface area contributed by atoms with Gasteiger partial charge in [0.05, 0.1) is 12.8 Å². The average molecular weight is 477 g/mol. The summed E-state index contributed by atoms with van der Waals surface area (Å²) in [6, 6.07) is 14.0. The third-order valence-electron chi connectivity index (χ3n) is 6.63. The zero-order valence-corrected chi connectivity index (χ0v) is 21.1. The van der Waals surface area contributed by atoms with Crippen molar-refractivity contribution in [2.75, 3.05) is 12.0 Å². The molecule has 6 heteroatoms. The van der Waals surface area contributed by atoms with Gasteiger partial charge in [-0.25, -0.2) is 4.79 Å². The van der Waals surface area contributed by atoms with Crippen molar-refractivity contribution in [3.8, 4) is 21.6 Å². The van der Waals surface area contributed by atoms with Gasteiger partial charge in [0.25, 0.3) is 0 Å². The lowest BCUT2D eigenvalue weighted by Crippen LogP contribution is -2.42. The van der Waals surface area contributed by atoms with E-state index in [0.717, 1.165) is 47.3 Å². The van der Waals surface area contributed by atoms with Gasteiger partial charge in [-0.2, -0.15) is 0 Å². The summed E-state index contributed by atoms with van der Waals surface area (Å²) in [5.41, 5.74) is 3.78. The Morgan fingerprint density at radius 1 is 1.03 bits per heavy atom. The zero-order chi connectivity index (χ0) is 24.2. The Hall–Kier alpha value is -2.99. The number of carbonyl (C=O) groups is 2. The third-order valence-corrected chi connectivity index (χ3v) is 7.78. The monoisotopic (exact) mass is 476 g/mol. The number of nitrogens with zero attached hydrogens (tertiary/aromatic N) is 2. The van der Waals surface area contributed by atoms with Gasteiger partial charge in [0.2, 0.25) is 5.91 Å². The van der Waals surface area contributed by atoms with E-state index in [0.29, 0.717) is 16.5 Å². The van der Waals surface area contributed by atoms with Crippen LogP contribution in [0.1, 0.15) is 56.1 Å². The second kappa shape index (κ2) is 10.5. The highest BCUT2D eigenvalue weighted by Crippen LogP contribution is 2.40. The van der Waals surface area contributed by atoms with Crippen molar-refractivity contribution in [3.05, 3.63) is 59.7 Å². The van der Waals surface area contributed by atoms with Gasteiger partial charge < -0.3 is 9.64 Å². The molecule has 1 saturated carbocycles. The quantitative estimate of drug-likeness (QED) is 0.366. The van der Waals surface area contributed by atoms with Gasteiger partial charge >= 0.3 is 5.97 Å². The van der Waals surface area contributed by atoms with Gasteiger partial charge in [0.15, 0.2) is 0 Å². The van der Waals surface area contributed by atoms with Crippen molar-refractivity contribution < 1.29 is 14.3 Å². The molecule has 3 aromatic rings. The van der Waals surface area contributed by atoms with E-state index in [9.17, 15) is 9.59 Å². The Morgan fingerprint density at radius 3 is 2.29 bits per heavy atom. The number of thiophene rings is 1. The summed E-state index contributed by atoms with van der Waals surface area (Å²) >= 11 is 1.38. The molecule has 0 radical (unpaired) electrons. The van der Waals surface area contributed by atoms with Crippen molar-refractivity contribution in [3.63, 3.8) is 0 Å². The van der Waals surface area contributed by atoms with Crippen LogP contribution in [0.4, 0.5) is 5.69 Å². The van der Waals surface area contributed by atoms with E-state index in [1.54, 1.807) is 6.20 Å². The lowest BCUT2D eigenvalue weighted by molar-refractivity contribution is -0.123. The van der Waals surface area contributed by atoms with E-state index in [1.807, 2.05) is 55.3 Å².